The molecule has 0 amide bonds. The normalized spacial score (nSPS) is 15.9. The molecule has 4 heterocycles. The predicted octanol–water partition coefficient (Wildman–Crippen LogP) is 4.95. The molecule has 4 aromatic rings. The first kappa shape index (κ1) is 18.5. The van der Waals surface area contributed by atoms with E-state index in [0.717, 1.165) is 39.4 Å². The lowest BCUT2D eigenvalue weighted by Gasteiger charge is -2.30. The van der Waals surface area contributed by atoms with Crippen LogP contribution in [0.25, 0.3) is 27.3 Å². The molecular weight excluding hydrogens is 384 g/mol. The SMILES string of the molecule is Cc1nc2sc3c(c2c2nc(-c4ccc(OC(C)C)cc4)nn12)CC(C)(C)OC3. The van der Waals surface area contributed by atoms with Crippen LogP contribution in [0.1, 0.15) is 44.0 Å². The second kappa shape index (κ2) is 6.50. The van der Waals surface area contributed by atoms with Crippen LogP contribution in [0.4, 0.5) is 0 Å². The van der Waals surface area contributed by atoms with Crippen LogP contribution in [0.15, 0.2) is 24.3 Å². The fraction of sp³-hybridized carbons (Fsp3) is 0.409. The summed E-state index contributed by atoms with van der Waals surface area (Å²) in [6, 6.07) is 7.95. The molecule has 0 radical (unpaired) electrons. The number of aryl methyl sites for hydroxylation is 1. The number of rotatable bonds is 3. The van der Waals surface area contributed by atoms with Gasteiger partial charge in [0.05, 0.1) is 23.7 Å². The first-order valence-corrected chi connectivity index (χ1v) is 10.7. The number of benzene rings is 1. The molecule has 29 heavy (non-hydrogen) atoms. The molecule has 1 aliphatic heterocycles. The van der Waals surface area contributed by atoms with Gasteiger partial charge in [-0.15, -0.1) is 16.4 Å². The summed E-state index contributed by atoms with van der Waals surface area (Å²) in [5.74, 6) is 2.39. The summed E-state index contributed by atoms with van der Waals surface area (Å²) < 4.78 is 13.6. The van der Waals surface area contributed by atoms with E-state index in [1.165, 1.54) is 10.4 Å². The predicted molar refractivity (Wildman–Crippen MR) is 115 cm³/mol. The van der Waals surface area contributed by atoms with Crippen LogP contribution in [0, 0.1) is 6.92 Å². The third-order valence-corrected chi connectivity index (χ3v) is 6.25. The number of ether oxygens (including phenoxy) is 2. The summed E-state index contributed by atoms with van der Waals surface area (Å²) in [6.07, 6.45) is 1.00. The number of thiophene rings is 1. The third-order valence-electron chi connectivity index (χ3n) is 5.15. The minimum absolute atomic E-state index is 0.147. The van der Waals surface area contributed by atoms with Gasteiger partial charge in [0.2, 0.25) is 0 Å². The molecule has 0 spiro atoms. The zero-order valence-corrected chi connectivity index (χ0v) is 18.1. The van der Waals surface area contributed by atoms with Crippen LogP contribution in [-0.2, 0) is 17.8 Å². The zero-order chi connectivity index (χ0) is 20.3. The van der Waals surface area contributed by atoms with Gasteiger partial charge in [0, 0.05) is 16.9 Å². The van der Waals surface area contributed by atoms with E-state index < -0.39 is 0 Å². The zero-order valence-electron chi connectivity index (χ0n) is 17.3. The molecule has 150 valence electrons. The van der Waals surface area contributed by atoms with Crippen LogP contribution >= 0.6 is 11.3 Å². The Morgan fingerprint density at radius 2 is 1.93 bits per heavy atom. The molecule has 0 saturated heterocycles. The lowest BCUT2D eigenvalue weighted by atomic mass is 9.94. The molecule has 5 rings (SSSR count). The van der Waals surface area contributed by atoms with Crippen LogP contribution in [0.2, 0.25) is 0 Å². The third kappa shape index (κ3) is 3.18. The molecule has 0 saturated carbocycles. The van der Waals surface area contributed by atoms with Crippen molar-refractivity contribution in [2.75, 3.05) is 0 Å². The summed E-state index contributed by atoms with van der Waals surface area (Å²) >= 11 is 1.71. The van der Waals surface area contributed by atoms with E-state index in [4.69, 9.17) is 24.5 Å². The van der Waals surface area contributed by atoms with Gasteiger partial charge < -0.3 is 9.47 Å². The lowest BCUT2D eigenvalue weighted by Crippen LogP contribution is -2.31. The Labute approximate surface area is 173 Å². The summed E-state index contributed by atoms with van der Waals surface area (Å²) in [7, 11) is 0. The van der Waals surface area contributed by atoms with Gasteiger partial charge in [-0.1, -0.05) is 0 Å². The van der Waals surface area contributed by atoms with Gasteiger partial charge in [0.25, 0.3) is 0 Å². The minimum Gasteiger partial charge on any atom is -0.491 e. The fourth-order valence-corrected chi connectivity index (χ4v) is 4.96. The van der Waals surface area contributed by atoms with Crippen LogP contribution in [-0.4, -0.2) is 31.3 Å². The van der Waals surface area contributed by atoms with Crippen LogP contribution in [0.3, 0.4) is 0 Å². The van der Waals surface area contributed by atoms with Crippen molar-refractivity contribution in [1.82, 2.24) is 19.6 Å². The largest absolute Gasteiger partial charge is 0.491 e. The van der Waals surface area contributed by atoms with Crippen molar-refractivity contribution in [3.8, 4) is 17.1 Å². The van der Waals surface area contributed by atoms with Crippen molar-refractivity contribution in [3.05, 3.63) is 40.5 Å². The van der Waals surface area contributed by atoms with Gasteiger partial charge in [-0.3, -0.25) is 0 Å². The van der Waals surface area contributed by atoms with Crippen molar-refractivity contribution >= 4 is 27.2 Å². The van der Waals surface area contributed by atoms with Crippen molar-refractivity contribution < 1.29 is 9.47 Å². The Bertz CT molecular complexity index is 1220. The highest BCUT2D eigenvalue weighted by atomic mass is 32.1. The van der Waals surface area contributed by atoms with Crippen molar-refractivity contribution in [2.45, 2.75) is 59.4 Å². The molecule has 0 fully saturated rings. The Morgan fingerprint density at radius 3 is 2.66 bits per heavy atom. The summed E-state index contributed by atoms with van der Waals surface area (Å²) in [6.45, 7) is 10.9. The molecule has 3 aromatic heterocycles. The highest BCUT2D eigenvalue weighted by molar-refractivity contribution is 7.19. The van der Waals surface area contributed by atoms with E-state index in [2.05, 4.69) is 13.8 Å². The maximum Gasteiger partial charge on any atom is 0.182 e. The minimum atomic E-state index is -0.183. The molecular formula is C22H24N4O2S. The fourth-order valence-electron chi connectivity index (χ4n) is 3.82. The molecule has 6 nitrogen and oxygen atoms in total. The average molecular weight is 409 g/mol. The van der Waals surface area contributed by atoms with E-state index in [1.807, 2.05) is 49.6 Å². The molecule has 7 heteroatoms. The molecule has 1 aliphatic rings. The number of fused-ring (bicyclic) bond motifs is 5. The van der Waals surface area contributed by atoms with E-state index in [0.29, 0.717) is 12.4 Å². The van der Waals surface area contributed by atoms with E-state index in [9.17, 15) is 0 Å². The van der Waals surface area contributed by atoms with Gasteiger partial charge >= 0.3 is 0 Å². The topological polar surface area (TPSA) is 61.5 Å². The van der Waals surface area contributed by atoms with Gasteiger partial charge in [0.15, 0.2) is 11.5 Å². The second-order valence-electron chi connectivity index (χ2n) is 8.43. The molecule has 0 bridgehead atoms. The van der Waals surface area contributed by atoms with Gasteiger partial charge in [0.1, 0.15) is 16.4 Å². The van der Waals surface area contributed by atoms with Gasteiger partial charge in [-0.25, -0.2) is 9.97 Å². The molecule has 0 unspecified atom stereocenters. The molecule has 0 N–H and O–H groups in total. The van der Waals surface area contributed by atoms with Crippen molar-refractivity contribution in [3.63, 3.8) is 0 Å². The standard InChI is InChI=1S/C22H24N4O2S/c1-12(2)28-15-8-6-14(7-9-15)19-24-20-18-16-10-22(4,5)27-11-17(16)29-21(18)23-13(3)26(20)25-19/h6-9,12H,10-11H2,1-5H3. The number of aromatic nitrogens is 4. The molecule has 0 aliphatic carbocycles. The number of hydrogen-bond donors (Lipinski definition) is 0. The first-order chi connectivity index (χ1) is 13.8. The lowest BCUT2D eigenvalue weighted by molar-refractivity contribution is -0.0379. The second-order valence-corrected chi connectivity index (χ2v) is 9.51. The summed E-state index contributed by atoms with van der Waals surface area (Å²) in [4.78, 5) is 12.0. The Morgan fingerprint density at radius 1 is 1.17 bits per heavy atom. The van der Waals surface area contributed by atoms with E-state index in [-0.39, 0.29) is 11.7 Å². The van der Waals surface area contributed by atoms with Crippen LogP contribution < -0.4 is 4.74 Å². The van der Waals surface area contributed by atoms with E-state index >= 15 is 0 Å². The Kier molecular flexibility index (Phi) is 4.15. The first-order valence-electron chi connectivity index (χ1n) is 9.89. The average Bonchev–Trinajstić information content (AvgIpc) is 3.22. The monoisotopic (exact) mass is 408 g/mol. The Balaban J connectivity index is 1.65. The summed E-state index contributed by atoms with van der Waals surface area (Å²) in [5.41, 5.74) is 2.96. The maximum absolute atomic E-state index is 6.00. The number of nitrogens with zero attached hydrogens (tertiary/aromatic N) is 4. The van der Waals surface area contributed by atoms with Crippen LogP contribution in [0.5, 0.6) is 5.75 Å². The van der Waals surface area contributed by atoms with Gasteiger partial charge in [-0.05, 0) is 64.4 Å². The maximum atomic E-state index is 6.00. The molecule has 0 atom stereocenters. The van der Waals surface area contributed by atoms with Crippen molar-refractivity contribution in [2.24, 2.45) is 0 Å². The number of hydrogen-bond acceptors (Lipinski definition) is 6. The van der Waals surface area contributed by atoms with E-state index in [1.54, 1.807) is 11.3 Å². The quantitative estimate of drug-likeness (QED) is 0.480. The Hall–Kier alpha value is -2.51. The smallest absolute Gasteiger partial charge is 0.182 e. The van der Waals surface area contributed by atoms with Gasteiger partial charge in [-0.2, -0.15) is 4.52 Å². The highest BCUT2D eigenvalue weighted by Gasteiger charge is 2.31. The highest BCUT2D eigenvalue weighted by Crippen LogP contribution is 2.40. The summed E-state index contributed by atoms with van der Waals surface area (Å²) in [5, 5.41) is 5.88. The van der Waals surface area contributed by atoms with Crippen molar-refractivity contribution in [1.29, 1.82) is 0 Å². The molecule has 1 aromatic carbocycles.